The molecule has 2 aromatic carbocycles. The minimum Gasteiger partial charge on any atom is -0.289 e. The van der Waals surface area contributed by atoms with Crippen molar-refractivity contribution in [3.8, 4) is 0 Å². The fraction of sp³-hybridized carbons (Fsp3) is 0.190. The van der Waals surface area contributed by atoms with Crippen LogP contribution in [0.25, 0.3) is 12.2 Å². The monoisotopic (exact) mass is 290 g/mol. The largest absolute Gasteiger partial charge is 0.289 e. The van der Waals surface area contributed by atoms with Gasteiger partial charge in [0, 0.05) is 5.56 Å². The lowest BCUT2D eigenvalue weighted by Gasteiger charge is -2.14. The fourth-order valence-electron chi connectivity index (χ4n) is 2.78. The van der Waals surface area contributed by atoms with Gasteiger partial charge in [-0.25, -0.2) is 0 Å². The predicted molar refractivity (Wildman–Crippen MR) is 95.1 cm³/mol. The zero-order valence-electron chi connectivity index (χ0n) is 13.3. The molecule has 0 amide bonds. The minimum absolute atomic E-state index is 0.00476. The predicted octanol–water partition coefficient (Wildman–Crippen LogP) is 5.35. The van der Waals surface area contributed by atoms with Crippen molar-refractivity contribution in [2.75, 3.05) is 0 Å². The second-order valence-corrected chi connectivity index (χ2v) is 5.18. The van der Waals surface area contributed by atoms with Crippen LogP contribution in [0.2, 0.25) is 0 Å². The van der Waals surface area contributed by atoms with Crippen LogP contribution in [0.4, 0.5) is 0 Å². The zero-order valence-corrected chi connectivity index (χ0v) is 13.3. The molecule has 1 heteroatoms. The normalized spacial score (nSPS) is 10.8. The molecule has 0 saturated heterocycles. The van der Waals surface area contributed by atoms with Gasteiger partial charge in [-0.3, -0.25) is 4.79 Å². The van der Waals surface area contributed by atoms with Crippen molar-refractivity contribution >= 4 is 17.9 Å². The van der Waals surface area contributed by atoms with Crippen LogP contribution in [0.5, 0.6) is 0 Å². The molecule has 0 aromatic heterocycles. The van der Waals surface area contributed by atoms with Gasteiger partial charge in [-0.1, -0.05) is 75.0 Å². The number of hydrogen-bond acceptors (Lipinski definition) is 1. The van der Waals surface area contributed by atoms with Crippen LogP contribution in [-0.2, 0) is 12.8 Å². The molecule has 0 bridgehead atoms. The van der Waals surface area contributed by atoms with Crippen LogP contribution in [0.1, 0.15) is 46.5 Å². The van der Waals surface area contributed by atoms with Crippen LogP contribution in [0, 0.1) is 0 Å². The molecule has 0 atom stereocenters. The summed E-state index contributed by atoms with van der Waals surface area (Å²) in [6.45, 7) is 7.83. The topological polar surface area (TPSA) is 17.1 Å². The van der Waals surface area contributed by atoms with E-state index in [0.717, 1.165) is 24.0 Å². The number of carbonyl (C=O) groups excluding carboxylic acids is 1. The Labute approximate surface area is 133 Å². The van der Waals surface area contributed by atoms with E-state index in [1.165, 1.54) is 22.8 Å². The van der Waals surface area contributed by atoms with Gasteiger partial charge in [-0.05, 0) is 41.2 Å². The number of hydrogen-bond donors (Lipinski definition) is 0. The molecule has 0 spiro atoms. The van der Waals surface area contributed by atoms with Gasteiger partial charge < -0.3 is 0 Å². The Bertz CT molecular complexity index is 693. The summed E-state index contributed by atoms with van der Waals surface area (Å²) in [6, 6.07) is 14.2. The first kappa shape index (κ1) is 16.0. The molecule has 0 unspecified atom stereocenters. The number of ketones is 1. The Morgan fingerprint density at radius 3 is 2.23 bits per heavy atom. The van der Waals surface area contributed by atoms with Crippen molar-refractivity contribution < 1.29 is 4.79 Å². The SMILES string of the molecule is C=CC(=O)c1ccc(C=Cc2ccccc2)c(CC)c1CC. The molecule has 0 aliphatic heterocycles. The molecule has 0 aliphatic carbocycles. The van der Waals surface area contributed by atoms with E-state index in [4.69, 9.17) is 0 Å². The first-order valence-electron chi connectivity index (χ1n) is 7.75. The van der Waals surface area contributed by atoms with E-state index in [-0.39, 0.29) is 5.78 Å². The molecular weight excluding hydrogens is 268 g/mol. The summed E-state index contributed by atoms with van der Waals surface area (Å²) in [5, 5.41) is 0. The third-order valence-corrected chi connectivity index (χ3v) is 3.88. The third kappa shape index (κ3) is 3.43. The second kappa shape index (κ2) is 7.56. The summed E-state index contributed by atoms with van der Waals surface area (Å²) in [4.78, 5) is 12.0. The van der Waals surface area contributed by atoms with Crippen molar-refractivity contribution in [3.63, 3.8) is 0 Å². The van der Waals surface area contributed by atoms with Crippen molar-refractivity contribution in [1.82, 2.24) is 0 Å². The molecule has 2 rings (SSSR count). The lowest BCUT2D eigenvalue weighted by atomic mass is 9.90. The molecule has 0 N–H and O–H groups in total. The molecule has 22 heavy (non-hydrogen) atoms. The second-order valence-electron chi connectivity index (χ2n) is 5.18. The maximum Gasteiger partial charge on any atom is 0.185 e. The van der Waals surface area contributed by atoms with Crippen LogP contribution in [-0.4, -0.2) is 5.78 Å². The quantitative estimate of drug-likeness (QED) is 0.398. The van der Waals surface area contributed by atoms with Crippen LogP contribution < -0.4 is 0 Å². The molecule has 0 fully saturated rings. The Kier molecular flexibility index (Phi) is 5.48. The molecule has 1 nitrogen and oxygen atoms in total. The van der Waals surface area contributed by atoms with Gasteiger partial charge in [0.05, 0.1) is 0 Å². The molecule has 0 aliphatic rings. The zero-order chi connectivity index (χ0) is 15.9. The average Bonchev–Trinajstić information content (AvgIpc) is 2.59. The Morgan fingerprint density at radius 1 is 0.955 bits per heavy atom. The smallest absolute Gasteiger partial charge is 0.185 e. The lowest BCUT2D eigenvalue weighted by molar-refractivity contribution is 0.104. The molecular formula is C21H22O. The summed E-state index contributed by atoms with van der Waals surface area (Å²) in [5.41, 5.74) is 5.54. The van der Waals surface area contributed by atoms with Gasteiger partial charge in [0.1, 0.15) is 0 Å². The Hall–Kier alpha value is -2.41. The molecule has 0 radical (unpaired) electrons. The van der Waals surface area contributed by atoms with Gasteiger partial charge in [0.25, 0.3) is 0 Å². The van der Waals surface area contributed by atoms with Crippen LogP contribution in [0.15, 0.2) is 55.1 Å². The van der Waals surface area contributed by atoms with Gasteiger partial charge >= 0.3 is 0 Å². The van der Waals surface area contributed by atoms with E-state index in [2.05, 4.69) is 44.7 Å². The molecule has 0 heterocycles. The third-order valence-electron chi connectivity index (χ3n) is 3.88. The van der Waals surface area contributed by atoms with Crippen molar-refractivity contribution in [2.24, 2.45) is 0 Å². The van der Waals surface area contributed by atoms with E-state index in [9.17, 15) is 4.79 Å². The number of rotatable bonds is 6. The lowest BCUT2D eigenvalue weighted by Crippen LogP contribution is -2.05. The summed E-state index contributed by atoms with van der Waals surface area (Å²) < 4.78 is 0. The fourth-order valence-corrected chi connectivity index (χ4v) is 2.78. The van der Waals surface area contributed by atoms with Crippen LogP contribution >= 0.6 is 0 Å². The highest BCUT2D eigenvalue weighted by Gasteiger charge is 2.13. The van der Waals surface area contributed by atoms with Gasteiger partial charge in [0.15, 0.2) is 5.78 Å². The number of allylic oxidation sites excluding steroid dienone is 1. The van der Waals surface area contributed by atoms with E-state index in [1.54, 1.807) is 0 Å². The van der Waals surface area contributed by atoms with E-state index >= 15 is 0 Å². The average molecular weight is 290 g/mol. The van der Waals surface area contributed by atoms with E-state index in [0.29, 0.717) is 0 Å². The highest BCUT2D eigenvalue weighted by molar-refractivity contribution is 6.05. The Morgan fingerprint density at radius 2 is 1.64 bits per heavy atom. The van der Waals surface area contributed by atoms with Crippen molar-refractivity contribution in [1.29, 1.82) is 0 Å². The van der Waals surface area contributed by atoms with E-state index in [1.807, 2.05) is 30.3 Å². The van der Waals surface area contributed by atoms with Crippen molar-refractivity contribution in [3.05, 3.63) is 82.9 Å². The molecule has 112 valence electrons. The number of benzene rings is 2. The number of carbonyl (C=O) groups is 1. The Balaban J connectivity index is 2.47. The van der Waals surface area contributed by atoms with Crippen LogP contribution in [0.3, 0.4) is 0 Å². The highest BCUT2D eigenvalue weighted by Crippen LogP contribution is 2.24. The summed E-state index contributed by atoms with van der Waals surface area (Å²) in [5.74, 6) is 0.00476. The standard InChI is InChI=1S/C21H22O/c1-4-18-17(13-12-16-10-8-7-9-11-16)14-15-20(19(18)5-2)21(22)6-3/h6-15H,3-5H2,1-2H3. The maximum atomic E-state index is 12.0. The summed E-state index contributed by atoms with van der Waals surface area (Å²) >= 11 is 0. The maximum absolute atomic E-state index is 12.0. The minimum atomic E-state index is 0.00476. The summed E-state index contributed by atoms with van der Waals surface area (Å²) in [6.07, 6.45) is 7.41. The van der Waals surface area contributed by atoms with Gasteiger partial charge in [-0.15, -0.1) is 0 Å². The van der Waals surface area contributed by atoms with Crippen molar-refractivity contribution in [2.45, 2.75) is 26.7 Å². The highest BCUT2D eigenvalue weighted by atomic mass is 16.1. The molecule has 2 aromatic rings. The molecule has 0 saturated carbocycles. The van der Waals surface area contributed by atoms with Gasteiger partial charge in [-0.2, -0.15) is 0 Å². The summed E-state index contributed by atoms with van der Waals surface area (Å²) in [7, 11) is 0. The first-order chi connectivity index (χ1) is 10.7. The first-order valence-corrected chi connectivity index (χ1v) is 7.75. The van der Waals surface area contributed by atoms with E-state index < -0.39 is 0 Å². The van der Waals surface area contributed by atoms with Gasteiger partial charge in [0.2, 0.25) is 0 Å².